The summed E-state index contributed by atoms with van der Waals surface area (Å²) < 4.78 is 5.22. The zero-order chi connectivity index (χ0) is 9.97. The summed E-state index contributed by atoms with van der Waals surface area (Å²) in [6, 6.07) is 3.51. The molecule has 76 valence electrons. The van der Waals surface area contributed by atoms with Gasteiger partial charge in [-0.05, 0) is 12.1 Å². The van der Waals surface area contributed by atoms with Gasteiger partial charge >= 0.3 is 5.97 Å². The normalized spacial score (nSPS) is 17.0. The number of carbonyl (C=O) groups is 1. The van der Waals surface area contributed by atoms with Crippen LogP contribution in [-0.2, 0) is 4.74 Å². The molecule has 0 aliphatic carbocycles. The Morgan fingerprint density at radius 3 is 2.71 bits per heavy atom. The molecule has 0 radical (unpaired) electrons. The number of ether oxygens (including phenoxy) is 1. The molecule has 1 N–H and O–H groups in total. The van der Waals surface area contributed by atoms with Crippen molar-refractivity contribution in [2.24, 2.45) is 0 Å². The van der Waals surface area contributed by atoms with E-state index in [1.165, 1.54) is 11.3 Å². The molecule has 0 unspecified atom stereocenters. The van der Waals surface area contributed by atoms with Crippen molar-refractivity contribution in [2.45, 2.75) is 0 Å². The molecule has 1 aliphatic heterocycles. The van der Waals surface area contributed by atoms with E-state index in [2.05, 4.69) is 4.90 Å². The third-order valence-corrected chi connectivity index (χ3v) is 3.26. The molecule has 0 bridgehead atoms. The zero-order valence-electron chi connectivity index (χ0n) is 7.60. The number of thiophene rings is 1. The monoisotopic (exact) mass is 213 g/mol. The Morgan fingerprint density at radius 1 is 1.43 bits per heavy atom. The van der Waals surface area contributed by atoms with Crippen molar-refractivity contribution < 1.29 is 14.6 Å². The number of nitrogens with zero attached hydrogens (tertiary/aromatic N) is 1. The lowest BCUT2D eigenvalue weighted by atomic mass is 10.4. The van der Waals surface area contributed by atoms with E-state index in [0.717, 1.165) is 31.3 Å². The highest BCUT2D eigenvalue weighted by Gasteiger charge is 2.14. The minimum Gasteiger partial charge on any atom is -0.477 e. The van der Waals surface area contributed by atoms with Crippen LogP contribution in [0.5, 0.6) is 0 Å². The first-order valence-corrected chi connectivity index (χ1v) is 5.25. The van der Waals surface area contributed by atoms with E-state index in [4.69, 9.17) is 9.84 Å². The lowest BCUT2D eigenvalue weighted by Crippen LogP contribution is -2.35. The second-order valence-corrected chi connectivity index (χ2v) is 4.10. The van der Waals surface area contributed by atoms with Gasteiger partial charge in [-0.3, -0.25) is 0 Å². The molecule has 1 aromatic rings. The van der Waals surface area contributed by atoms with Gasteiger partial charge in [0.1, 0.15) is 4.88 Å². The van der Waals surface area contributed by atoms with Crippen molar-refractivity contribution in [2.75, 3.05) is 31.2 Å². The van der Waals surface area contributed by atoms with Crippen LogP contribution in [-0.4, -0.2) is 37.4 Å². The van der Waals surface area contributed by atoms with Gasteiger partial charge in [-0.15, -0.1) is 11.3 Å². The molecule has 0 aromatic carbocycles. The molecule has 1 fully saturated rings. The Bertz CT molecular complexity index is 331. The van der Waals surface area contributed by atoms with Crippen LogP contribution in [0.3, 0.4) is 0 Å². The zero-order valence-corrected chi connectivity index (χ0v) is 8.42. The highest BCUT2D eigenvalue weighted by Crippen LogP contribution is 2.26. The molecule has 1 saturated heterocycles. The standard InChI is InChI=1S/C9H11NO3S/c11-9(12)7-1-2-8(14-7)10-3-5-13-6-4-10/h1-2H,3-6H2,(H,11,12). The van der Waals surface area contributed by atoms with Crippen molar-refractivity contribution in [3.05, 3.63) is 17.0 Å². The largest absolute Gasteiger partial charge is 0.477 e. The van der Waals surface area contributed by atoms with Gasteiger partial charge in [-0.1, -0.05) is 0 Å². The van der Waals surface area contributed by atoms with Crippen molar-refractivity contribution >= 4 is 22.3 Å². The highest BCUT2D eigenvalue weighted by atomic mass is 32.1. The van der Waals surface area contributed by atoms with Crippen LogP contribution in [0.1, 0.15) is 9.67 Å². The molecule has 0 saturated carbocycles. The molecule has 2 rings (SSSR count). The molecule has 5 heteroatoms. The maximum Gasteiger partial charge on any atom is 0.345 e. The molecule has 1 aliphatic rings. The van der Waals surface area contributed by atoms with E-state index in [0.29, 0.717) is 4.88 Å². The topological polar surface area (TPSA) is 49.8 Å². The van der Waals surface area contributed by atoms with Gasteiger partial charge in [0.15, 0.2) is 0 Å². The number of morpholine rings is 1. The van der Waals surface area contributed by atoms with E-state index in [1.807, 2.05) is 6.07 Å². The van der Waals surface area contributed by atoms with E-state index in [9.17, 15) is 4.79 Å². The van der Waals surface area contributed by atoms with Crippen LogP contribution in [0.4, 0.5) is 5.00 Å². The maximum absolute atomic E-state index is 10.7. The lowest BCUT2D eigenvalue weighted by Gasteiger charge is -2.27. The third-order valence-electron chi connectivity index (χ3n) is 2.13. The Kier molecular flexibility index (Phi) is 2.69. The number of hydrogen-bond acceptors (Lipinski definition) is 4. The smallest absolute Gasteiger partial charge is 0.345 e. The van der Waals surface area contributed by atoms with Gasteiger partial charge in [0.05, 0.1) is 18.2 Å². The molecule has 1 aromatic heterocycles. The predicted molar refractivity (Wildman–Crippen MR) is 54.3 cm³/mol. The minimum absolute atomic E-state index is 0.395. The second-order valence-electron chi connectivity index (χ2n) is 3.04. The Labute approximate surface area is 85.7 Å². The summed E-state index contributed by atoms with van der Waals surface area (Å²) in [5.41, 5.74) is 0. The van der Waals surface area contributed by atoms with E-state index >= 15 is 0 Å². The first-order valence-electron chi connectivity index (χ1n) is 4.43. The number of carboxylic acids is 1. The summed E-state index contributed by atoms with van der Waals surface area (Å²) in [5.74, 6) is -0.852. The van der Waals surface area contributed by atoms with Crippen LogP contribution >= 0.6 is 11.3 Å². The van der Waals surface area contributed by atoms with Crippen LogP contribution in [0, 0.1) is 0 Å². The number of anilines is 1. The van der Waals surface area contributed by atoms with E-state index in [-0.39, 0.29) is 0 Å². The predicted octanol–water partition coefficient (Wildman–Crippen LogP) is 1.28. The van der Waals surface area contributed by atoms with Gasteiger partial charge in [-0.25, -0.2) is 4.79 Å². The number of rotatable bonds is 2. The first-order chi connectivity index (χ1) is 6.77. The number of aromatic carboxylic acids is 1. The average Bonchev–Trinajstić information content (AvgIpc) is 2.68. The summed E-state index contributed by atoms with van der Waals surface area (Å²) in [6.07, 6.45) is 0. The third kappa shape index (κ3) is 1.88. The number of carboxylic acid groups (broad SMARTS) is 1. The maximum atomic E-state index is 10.7. The summed E-state index contributed by atoms with van der Waals surface area (Å²) in [4.78, 5) is 13.2. The van der Waals surface area contributed by atoms with Crippen LogP contribution in [0.2, 0.25) is 0 Å². The van der Waals surface area contributed by atoms with Crippen molar-refractivity contribution in [3.8, 4) is 0 Å². The van der Waals surface area contributed by atoms with Crippen LogP contribution in [0.25, 0.3) is 0 Å². The Hall–Kier alpha value is -1.07. The Morgan fingerprint density at radius 2 is 2.14 bits per heavy atom. The van der Waals surface area contributed by atoms with Crippen LogP contribution < -0.4 is 4.90 Å². The van der Waals surface area contributed by atoms with Gasteiger partial charge in [0.25, 0.3) is 0 Å². The summed E-state index contributed by atoms with van der Waals surface area (Å²) >= 11 is 1.32. The fourth-order valence-corrected chi connectivity index (χ4v) is 2.29. The minimum atomic E-state index is -0.852. The molecule has 0 atom stereocenters. The fourth-order valence-electron chi connectivity index (χ4n) is 1.40. The molecule has 4 nitrogen and oxygen atoms in total. The van der Waals surface area contributed by atoms with Gasteiger partial charge in [-0.2, -0.15) is 0 Å². The summed E-state index contributed by atoms with van der Waals surface area (Å²) in [7, 11) is 0. The average molecular weight is 213 g/mol. The van der Waals surface area contributed by atoms with E-state index in [1.54, 1.807) is 6.07 Å². The summed E-state index contributed by atoms with van der Waals surface area (Å²) in [5, 5.41) is 9.78. The summed E-state index contributed by atoms with van der Waals surface area (Å²) in [6.45, 7) is 3.14. The lowest BCUT2D eigenvalue weighted by molar-refractivity contribution is 0.0702. The van der Waals surface area contributed by atoms with Crippen molar-refractivity contribution in [1.29, 1.82) is 0 Å². The highest BCUT2D eigenvalue weighted by molar-refractivity contribution is 7.17. The molecule has 2 heterocycles. The van der Waals surface area contributed by atoms with Gasteiger partial charge in [0, 0.05) is 13.1 Å². The van der Waals surface area contributed by atoms with Crippen LogP contribution in [0.15, 0.2) is 12.1 Å². The Balaban J connectivity index is 2.11. The van der Waals surface area contributed by atoms with Crippen molar-refractivity contribution in [1.82, 2.24) is 0 Å². The molecule has 0 spiro atoms. The van der Waals surface area contributed by atoms with E-state index < -0.39 is 5.97 Å². The van der Waals surface area contributed by atoms with Gasteiger partial charge < -0.3 is 14.7 Å². The molecule has 0 amide bonds. The number of hydrogen-bond donors (Lipinski definition) is 1. The second kappa shape index (κ2) is 3.98. The SMILES string of the molecule is O=C(O)c1ccc(N2CCOCC2)s1. The van der Waals surface area contributed by atoms with Crippen molar-refractivity contribution in [3.63, 3.8) is 0 Å². The van der Waals surface area contributed by atoms with Gasteiger partial charge in [0.2, 0.25) is 0 Å². The fraction of sp³-hybridized carbons (Fsp3) is 0.444. The molecule has 14 heavy (non-hydrogen) atoms. The molecular formula is C9H11NO3S. The quantitative estimate of drug-likeness (QED) is 0.804. The first kappa shape index (κ1) is 9.48. The molecular weight excluding hydrogens is 202 g/mol.